The van der Waals surface area contributed by atoms with Crippen LogP contribution in [0.2, 0.25) is 0 Å². The van der Waals surface area contributed by atoms with Crippen molar-refractivity contribution < 1.29 is 22.4 Å². The van der Waals surface area contributed by atoms with E-state index in [0.29, 0.717) is 23.1 Å². The van der Waals surface area contributed by atoms with Crippen molar-refractivity contribution in [2.75, 3.05) is 13.1 Å². The minimum Gasteiger partial charge on any atom is -0.408 e. The zero-order valence-corrected chi connectivity index (χ0v) is 20.1. The Morgan fingerprint density at radius 3 is 2.31 bits per heavy atom. The number of hydrogen-bond acceptors (Lipinski definition) is 6. The second kappa shape index (κ2) is 8.00. The molecule has 2 amide bonds. The van der Waals surface area contributed by atoms with Gasteiger partial charge in [0.25, 0.3) is 11.8 Å². The Morgan fingerprint density at radius 1 is 0.917 bits per heavy atom. The predicted molar refractivity (Wildman–Crippen MR) is 130 cm³/mol. The molecule has 1 aromatic heterocycles. The lowest BCUT2D eigenvalue weighted by Gasteiger charge is -2.37. The fraction of sp³-hybridized carbons (Fsp3) is 0.192. The van der Waals surface area contributed by atoms with Gasteiger partial charge in [-0.2, -0.15) is 4.31 Å². The van der Waals surface area contributed by atoms with Crippen LogP contribution in [-0.2, 0) is 23.5 Å². The number of sulfonamides is 1. The molecule has 2 aliphatic heterocycles. The highest BCUT2D eigenvalue weighted by atomic mass is 32.2. The topological polar surface area (TPSA) is 110 Å². The fourth-order valence-electron chi connectivity index (χ4n) is 5.09. The SMILES string of the molecule is Cn1c(=O)oc2cc(S(=O)(=O)N3CCc4ccccc4[C@@H]3CN3C(=O)c4ccccc4C3=O)ccc21. The van der Waals surface area contributed by atoms with Gasteiger partial charge in [-0.25, -0.2) is 13.2 Å². The van der Waals surface area contributed by atoms with Gasteiger partial charge in [0.2, 0.25) is 10.0 Å². The summed E-state index contributed by atoms with van der Waals surface area (Å²) in [6, 6.07) is 17.6. The highest BCUT2D eigenvalue weighted by molar-refractivity contribution is 7.89. The zero-order valence-electron chi connectivity index (χ0n) is 19.2. The van der Waals surface area contributed by atoms with Gasteiger partial charge in [-0.15, -0.1) is 0 Å². The summed E-state index contributed by atoms with van der Waals surface area (Å²) in [7, 11) is -2.54. The summed E-state index contributed by atoms with van der Waals surface area (Å²) in [4.78, 5) is 39.2. The van der Waals surface area contributed by atoms with Gasteiger partial charge in [0.05, 0.1) is 34.1 Å². The predicted octanol–water partition coefficient (Wildman–Crippen LogP) is 2.72. The smallest absolute Gasteiger partial charge is 0.408 e. The van der Waals surface area contributed by atoms with E-state index in [1.54, 1.807) is 31.3 Å². The molecule has 1 atom stereocenters. The van der Waals surface area contributed by atoms with E-state index < -0.39 is 33.6 Å². The molecule has 0 aliphatic carbocycles. The van der Waals surface area contributed by atoms with Crippen molar-refractivity contribution in [2.45, 2.75) is 17.4 Å². The van der Waals surface area contributed by atoms with Crippen LogP contribution in [0.4, 0.5) is 0 Å². The van der Waals surface area contributed by atoms with E-state index in [0.717, 1.165) is 16.0 Å². The van der Waals surface area contributed by atoms with Crippen LogP contribution in [0, 0.1) is 0 Å². The summed E-state index contributed by atoms with van der Waals surface area (Å²) in [5.41, 5.74) is 2.98. The minimum atomic E-state index is -4.08. The molecular weight excluding hydrogens is 482 g/mol. The second-order valence-electron chi connectivity index (χ2n) is 8.90. The lowest BCUT2D eigenvalue weighted by molar-refractivity contribution is 0.0616. The van der Waals surface area contributed by atoms with Gasteiger partial charge in [0.1, 0.15) is 0 Å². The summed E-state index contributed by atoms with van der Waals surface area (Å²) in [5.74, 6) is -1.47. The molecule has 0 N–H and O–H groups in total. The Balaban J connectivity index is 1.43. The molecule has 0 saturated carbocycles. The summed E-state index contributed by atoms with van der Waals surface area (Å²) in [5, 5.41) is 0. The van der Waals surface area contributed by atoms with Crippen LogP contribution in [0.15, 0.2) is 80.8 Å². The molecule has 182 valence electrons. The van der Waals surface area contributed by atoms with E-state index in [2.05, 4.69) is 0 Å². The fourth-order valence-corrected chi connectivity index (χ4v) is 6.71. The molecule has 10 heteroatoms. The standard InChI is InChI=1S/C26H21N3O6S/c1-27-21-11-10-17(14-23(21)35-26(27)32)36(33,34)29-13-12-16-6-2-3-7-18(16)22(29)15-28-24(30)19-8-4-5-9-20(19)25(28)31/h2-11,14,22H,12-13,15H2,1H3/t22-/m0/s1. The number of amides is 2. The number of benzene rings is 3. The molecule has 9 nitrogen and oxygen atoms in total. The Hall–Kier alpha value is -4.02. The average molecular weight is 504 g/mol. The van der Waals surface area contributed by atoms with E-state index in [-0.39, 0.29) is 23.6 Å². The monoisotopic (exact) mass is 503 g/mol. The first kappa shape index (κ1) is 22.4. The number of aromatic nitrogens is 1. The highest BCUT2D eigenvalue weighted by Crippen LogP contribution is 2.37. The van der Waals surface area contributed by atoms with Gasteiger partial charge in [-0.3, -0.25) is 19.1 Å². The number of oxazole rings is 1. The van der Waals surface area contributed by atoms with Crippen molar-refractivity contribution in [1.82, 2.24) is 13.8 Å². The molecule has 0 bridgehead atoms. The Morgan fingerprint density at radius 2 is 1.58 bits per heavy atom. The number of hydrogen-bond donors (Lipinski definition) is 0. The molecule has 0 radical (unpaired) electrons. The van der Waals surface area contributed by atoms with Crippen molar-refractivity contribution in [3.63, 3.8) is 0 Å². The van der Waals surface area contributed by atoms with E-state index in [4.69, 9.17) is 4.42 Å². The number of carbonyl (C=O) groups is 2. The third-order valence-corrected chi connectivity index (χ3v) is 8.87. The molecule has 4 aromatic rings. The number of rotatable bonds is 4. The number of aryl methyl sites for hydroxylation is 1. The summed E-state index contributed by atoms with van der Waals surface area (Å²) >= 11 is 0. The first-order chi connectivity index (χ1) is 17.3. The van der Waals surface area contributed by atoms with Gasteiger partial charge in [0.15, 0.2) is 5.58 Å². The average Bonchev–Trinajstić information content (AvgIpc) is 3.31. The third kappa shape index (κ3) is 3.25. The molecule has 3 heterocycles. The quantitative estimate of drug-likeness (QED) is 0.396. The van der Waals surface area contributed by atoms with Crippen LogP contribution < -0.4 is 5.76 Å². The lowest BCUT2D eigenvalue weighted by atomic mass is 9.94. The maximum absolute atomic E-state index is 13.9. The van der Waals surface area contributed by atoms with Crippen molar-refractivity contribution in [3.05, 3.63) is 99.5 Å². The molecule has 0 unspecified atom stereocenters. The van der Waals surface area contributed by atoms with E-state index in [1.807, 2.05) is 24.3 Å². The van der Waals surface area contributed by atoms with Crippen molar-refractivity contribution in [1.29, 1.82) is 0 Å². The van der Waals surface area contributed by atoms with Gasteiger partial charge in [-0.1, -0.05) is 36.4 Å². The first-order valence-electron chi connectivity index (χ1n) is 11.4. The Kier molecular flexibility index (Phi) is 4.99. The van der Waals surface area contributed by atoms with Gasteiger partial charge in [0, 0.05) is 19.7 Å². The van der Waals surface area contributed by atoms with Gasteiger partial charge in [-0.05, 0) is 41.8 Å². The molecule has 0 spiro atoms. The minimum absolute atomic E-state index is 0.0314. The largest absolute Gasteiger partial charge is 0.419 e. The molecule has 0 fully saturated rings. The number of carbonyl (C=O) groups excluding carboxylic acids is 2. The van der Waals surface area contributed by atoms with Crippen LogP contribution in [0.3, 0.4) is 0 Å². The van der Waals surface area contributed by atoms with E-state index in [1.165, 1.54) is 27.1 Å². The maximum Gasteiger partial charge on any atom is 0.419 e. The lowest BCUT2D eigenvalue weighted by Crippen LogP contribution is -2.46. The normalized spacial score (nSPS) is 18.0. The van der Waals surface area contributed by atoms with Crippen molar-refractivity contribution >= 4 is 32.9 Å². The highest BCUT2D eigenvalue weighted by Gasteiger charge is 2.42. The molecule has 6 rings (SSSR count). The maximum atomic E-state index is 13.9. The Labute approximate surface area is 206 Å². The zero-order chi connectivity index (χ0) is 25.2. The van der Waals surface area contributed by atoms with Gasteiger partial charge >= 0.3 is 5.76 Å². The van der Waals surface area contributed by atoms with E-state index >= 15 is 0 Å². The van der Waals surface area contributed by atoms with Crippen LogP contribution in [0.1, 0.15) is 37.9 Å². The molecular formula is C26H21N3O6S. The molecule has 3 aromatic carbocycles. The van der Waals surface area contributed by atoms with Crippen molar-refractivity contribution in [3.8, 4) is 0 Å². The second-order valence-corrected chi connectivity index (χ2v) is 10.8. The molecule has 2 aliphatic rings. The molecule has 0 saturated heterocycles. The van der Waals surface area contributed by atoms with Crippen LogP contribution in [-0.4, -0.2) is 47.1 Å². The summed E-state index contributed by atoms with van der Waals surface area (Å²) < 4.78 is 35.7. The van der Waals surface area contributed by atoms with Crippen LogP contribution in [0.5, 0.6) is 0 Å². The summed E-state index contributed by atoms with van der Waals surface area (Å²) in [6.45, 7) is 0.0508. The third-order valence-electron chi connectivity index (χ3n) is 6.97. The number of nitrogens with zero attached hydrogens (tertiary/aromatic N) is 3. The summed E-state index contributed by atoms with van der Waals surface area (Å²) in [6.07, 6.45) is 0.483. The first-order valence-corrected chi connectivity index (χ1v) is 12.9. The van der Waals surface area contributed by atoms with Gasteiger partial charge < -0.3 is 4.42 Å². The van der Waals surface area contributed by atoms with Crippen LogP contribution in [0.25, 0.3) is 11.1 Å². The number of imide groups is 1. The Bertz CT molecular complexity index is 1700. The van der Waals surface area contributed by atoms with Crippen molar-refractivity contribution in [2.24, 2.45) is 7.05 Å². The van der Waals surface area contributed by atoms with E-state index in [9.17, 15) is 22.8 Å². The number of fused-ring (bicyclic) bond motifs is 3. The molecule has 36 heavy (non-hydrogen) atoms. The van der Waals surface area contributed by atoms with Crippen LogP contribution >= 0.6 is 0 Å².